The molecule has 0 aromatic carbocycles. The van der Waals surface area contributed by atoms with Crippen LogP contribution in [-0.4, -0.2) is 30.8 Å². The van der Waals surface area contributed by atoms with Crippen molar-refractivity contribution in [3.05, 3.63) is 12.7 Å². The van der Waals surface area contributed by atoms with Crippen LogP contribution in [0, 0.1) is 0 Å². The third-order valence-electron chi connectivity index (χ3n) is 3.31. The number of rotatable bonds is 7. The molecule has 0 radical (unpaired) electrons. The zero-order valence-corrected chi connectivity index (χ0v) is 11.6. The minimum absolute atomic E-state index is 0.126. The van der Waals surface area contributed by atoms with E-state index < -0.39 is 12.1 Å². The molecule has 5 nitrogen and oxygen atoms in total. The Morgan fingerprint density at radius 1 is 1.37 bits per heavy atom. The first kappa shape index (κ1) is 15.5. The van der Waals surface area contributed by atoms with Gasteiger partial charge in [0.15, 0.2) is 0 Å². The van der Waals surface area contributed by atoms with Crippen LogP contribution in [0.15, 0.2) is 12.7 Å². The van der Waals surface area contributed by atoms with E-state index in [1.165, 1.54) is 0 Å². The molecule has 1 rings (SSSR count). The van der Waals surface area contributed by atoms with Gasteiger partial charge in [-0.1, -0.05) is 19.9 Å². The summed E-state index contributed by atoms with van der Waals surface area (Å²) in [4.78, 5) is 22.5. The van der Waals surface area contributed by atoms with Gasteiger partial charge in [-0.2, -0.15) is 0 Å². The highest BCUT2D eigenvalue weighted by atomic mass is 16.6. The monoisotopic (exact) mass is 269 g/mol. The van der Waals surface area contributed by atoms with Crippen molar-refractivity contribution < 1.29 is 19.1 Å². The van der Waals surface area contributed by atoms with Crippen molar-refractivity contribution in [1.29, 1.82) is 0 Å². The van der Waals surface area contributed by atoms with E-state index in [4.69, 9.17) is 9.47 Å². The van der Waals surface area contributed by atoms with Crippen molar-refractivity contribution in [3.8, 4) is 0 Å². The number of amides is 1. The summed E-state index contributed by atoms with van der Waals surface area (Å²) in [5.41, 5.74) is -0.281. The summed E-state index contributed by atoms with van der Waals surface area (Å²) in [7, 11) is 0. The number of alkyl carbamates (subject to hydrolysis) is 1. The second-order valence-corrected chi connectivity index (χ2v) is 4.83. The molecule has 0 atom stereocenters. The first-order valence-corrected chi connectivity index (χ1v) is 6.88. The molecule has 1 fully saturated rings. The van der Waals surface area contributed by atoms with E-state index in [2.05, 4.69) is 18.8 Å². The molecule has 1 N–H and O–H groups in total. The van der Waals surface area contributed by atoms with Gasteiger partial charge in [-0.15, -0.1) is 0 Å². The Morgan fingerprint density at radius 2 is 2.05 bits per heavy atom. The lowest BCUT2D eigenvalue weighted by Crippen LogP contribution is -2.38. The molecule has 5 heteroatoms. The third kappa shape index (κ3) is 5.32. The molecule has 0 heterocycles. The molecule has 1 aliphatic rings. The number of nitrogens with one attached hydrogen (secondary N) is 1. The van der Waals surface area contributed by atoms with Crippen LogP contribution in [0.5, 0.6) is 0 Å². The summed E-state index contributed by atoms with van der Waals surface area (Å²) >= 11 is 0. The van der Waals surface area contributed by atoms with E-state index in [0.29, 0.717) is 0 Å². The van der Waals surface area contributed by atoms with Gasteiger partial charge >= 0.3 is 12.1 Å². The summed E-state index contributed by atoms with van der Waals surface area (Å²) in [5.74, 6) is -0.492. The van der Waals surface area contributed by atoms with Crippen LogP contribution < -0.4 is 5.32 Å². The predicted octanol–water partition coefficient (Wildman–Crippen LogP) is 2.55. The zero-order valence-electron chi connectivity index (χ0n) is 11.6. The smallest absolute Gasteiger partial charge is 0.407 e. The standard InChI is InChI=1S/C14H23NO4/c1-3-7-14(8-5-6-9-14)19-13(17)15-10-11-18-12(16)4-2/h4H,2-3,5-11H2,1H3,(H,15,17). The van der Waals surface area contributed by atoms with Gasteiger partial charge in [0.25, 0.3) is 0 Å². The first-order chi connectivity index (χ1) is 9.12. The number of hydrogen-bond acceptors (Lipinski definition) is 4. The molecule has 0 aromatic rings. The van der Waals surface area contributed by atoms with E-state index in [0.717, 1.165) is 44.6 Å². The molecule has 1 aliphatic carbocycles. The quantitative estimate of drug-likeness (QED) is 0.438. The number of carbonyl (C=O) groups is 2. The zero-order chi connectivity index (χ0) is 14.1. The maximum absolute atomic E-state index is 11.7. The first-order valence-electron chi connectivity index (χ1n) is 6.88. The van der Waals surface area contributed by atoms with Crippen molar-refractivity contribution in [3.63, 3.8) is 0 Å². The molecule has 1 saturated carbocycles. The summed E-state index contributed by atoms with van der Waals surface area (Å²) < 4.78 is 10.3. The lowest BCUT2D eigenvalue weighted by atomic mass is 9.96. The maximum atomic E-state index is 11.7. The van der Waals surface area contributed by atoms with Crippen LogP contribution in [0.25, 0.3) is 0 Å². The van der Waals surface area contributed by atoms with E-state index >= 15 is 0 Å². The Labute approximate surface area is 114 Å². The second kappa shape index (κ2) is 7.81. The van der Waals surface area contributed by atoms with Crippen LogP contribution in [0.4, 0.5) is 4.79 Å². The van der Waals surface area contributed by atoms with Crippen LogP contribution in [0.1, 0.15) is 45.4 Å². The topological polar surface area (TPSA) is 64.6 Å². The minimum Gasteiger partial charge on any atom is -0.461 e. The average molecular weight is 269 g/mol. The van der Waals surface area contributed by atoms with Crippen LogP contribution in [0.3, 0.4) is 0 Å². The van der Waals surface area contributed by atoms with Gasteiger partial charge in [0.2, 0.25) is 0 Å². The van der Waals surface area contributed by atoms with Gasteiger partial charge in [0.05, 0.1) is 6.54 Å². The van der Waals surface area contributed by atoms with Crippen molar-refractivity contribution in [2.75, 3.05) is 13.2 Å². The minimum atomic E-state index is -0.492. The highest BCUT2D eigenvalue weighted by Crippen LogP contribution is 2.37. The van der Waals surface area contributed by atoms with Crippen molar-refractivity contribution in [2.24, 2.45) is 0 Å². The Morgan fingerprint density at radius 3 is 2.63 bits per heavy atom. The summed E-state index contributed by atoms with van der Waals surface area (Å²) in [5, 5.41) is 2.60. The Bertz CT molecular complexity index is 321. The molecular formula is C14H23NO4. The highest BCUT2D eigenvalue weighted by molar-refractivity contribution is 5.81. The lowest BCUT2D eigenvalue weighted by molar-refractivity contribution is -0.137. The van der Waals surface area contributed by atoms with E-state index in [1.807, 2.05) is 0 Å². The van der Waals surface area contributed by atoms with Crippen molar-refractivity contribution in [1.82, 2.24) is 5.32 Å². The molecule has 0 aliphatic heterocycles. The molecule has 0 spiro atoms. The van der Waals surface area contributed by atoms with Crippen LogP contribution >= 0.6 is 0 Å². The predicted molar refractivity (Wildman–Crippen MR) is 71.7 cm³/mol. The Hall–Kier alpha value is -1.52. The van der Waals surface area contributed by atoms with Gasteiger partial charge in [-0.05, 0) is 32.1 Å². The fourth-order valence-electron chi connectivity index (χ4n) is 2.47. The largest absolute Gasteiger partial charge is 0.461 e. The maximum Gasteiger partial charge on any atom is 0.407 e. The van der Waals surface area contributed by atoms with Crippen molar-refractivity contribution >= 4 is 12.1 Å². The van der Waals surface area contributed by atoms with Gasteiger partial charge in [-0.3, -0.25) is 0 Å². The molecular weight excluding hydrogens is 246 g/mol. The number of carbonyl (C=O) groups excluding carboxylic acids is 2. The van der Waals surface area contributed by atoms with E-state index in [1.54, 1.807) is 0 Å². The summed E-state index contributed by atoms with van der Waals surface area (Å²) in [6.07, 6.45) is 6.70. The molecule has 19 heavy (non-hydrogen) atoms. The fourth-order valence-corrected chi connectivity index (χ4v) is 2.47. The van der Waals surface area contributed by atoms with Gasteiger partial charge in [-0.25, -0.2) is 9.59 Å². The normalized spacial score (nSPS) is 16.7. The third-order valence-corrected chi connectivity index (χ3v) is 3.31. The molecule has 0 bridgehead atoms. The average Bonchev–Trinajstić information content (AvgIpc) is 2.83. The van der Waals surface area contributed by atoms with Crippen molar-refractivity contribution in [2.45, 2.75) is 51.0 Å². The van der Waals surface area contributed by atoms with Crippen LogP contribution in [-0.2, 0) is 14.3 Å². The molecule has 108 valence electrons. The van der Waals surface area contributed by atoms with E-state index in [-0.39, 0.29) is 18.8 Å². The summed E-state index contributed by atoms with van der Waals surface area (Å²) in [6.45, 7) is 5.76. The van der Waals surface area contributed by atoms with Gasteiger partial charge in [0.1, 0.15) is 12.2 Å². The SMILES string of the molecule is C=CC(=O)OCCNC(=O)OC1(CCC)CCCC1. The number of ether oxygens (including phenoxy) is 2. The molecule has 0 saturated heterocycles. The molecule has 0 unspecified atom stereocenters. The van der Waals surface area contributed by atoms with E-state index in [9.17, 15) is 9.59 Å². The lowest BCUT2D eigenvalue weighted by Gasteiger charge is -2.28. The Kier molecular flexibility index (Phi) is 6.39. The highest BCUT2D eigenvalue weighted by Gasteiger charge is 2.36. The Balaban J connectivity index is 2.25. The van der Waals surface area contributed by atoms with Gasteiger partial charge in [0, 0.05) is 6.08 Å². The molecule has 0 aromatic heterocycles. The van der Waals surface area contributed by atoms with Crippen LogP contribution in [0.2, 0.25) is 0 Å². The summed E-state index contributed by atoms with van der Waals surface area (Å²) in [6, 6.07) is 0. The van der Waals surface area contributed by atoms with Gasteiger partial charge < -0.3 is 14.8 Å². The number of hydrogen-bond donors (Lipinski definition) is 1. The number of esters is 1. The molecule has 1 amide bonds. The second-order valence-electron chi connectivity index (χ2n) is 4.83. The fraction of sp³-hybridized carbons (Fsp3) is 0.714.